The molecule has 0 saturated carbocycles. The Balaban J connectivity index is 2.09. The van der Waals surface area contributed by atoms with Crippen molar-refractivity contribution in [3.63, 3.8) is 0 Å². The minimum absolute atomic E-state index is 0.0287. The van der Waals surface area contributed by atoms with Crippen LogP contribution >= 0.6 is 11.6 Å². The average Bonchev–Trinajstić information content (AvgIpc) is 2.98. The predicted molar refractivity (Wildman–Crippen MR) is 96.9 cm³/mol. The second-order valence-electron chi connectivity index (χ2n) is 7.36. The molecule has 0 radical (unpaired) electrons. The van der Waals surface area contributed by atoms with Crippen LogP contribution in [0.15, 0.2) is 18.2 Å². The number of nitrogens with zero attached hydrogens (tertiary/aromatic N) is 1. The number of rotatable bonds is 5. The molecule has 1 aliphatic rings. The first-order valence-corrected chi connectivity index (χ1v) is 9.00. The number of aryl methyl sites for hydroxylation is 1. The quantitative estimate of drug-likeness (QED) is 0.768. The molecule has 1 saturated heterocycles. The molecule has 26 heavy (non-hydrogen) atoms. The van der Waals surface area contributed by atoms with E-state index in [1.807, 2.05) is 0 Å². The fraction of sp³-hybridized carbons (Fsp3) is 0.579. The maximum Gasteiger partial charge on any atom is 0.410 e. The van der Waals surface area contributed by atoms with Crippen LogP contribution in [-0.4, -0.2) is 48.2 Å². The number of hydrogen-bond donors (Lipinski definition) is 0. The Bertz CT molecular complexity index is 674. The summed E-state index contributed by atoms with van der Waals surface area (Å²) in [6, 6.07) is 3.98. The average molecular weight is 386 g/mol. The molecule has 2 atom stereocenters. The molecule has 1 fully saturated rings. The fourth-order valence-electron chi connectivity index (χ4n) is 3.06. The lowest BCUT2D eigenvalue weighted by Gasteiger charge is -2.29. The third kappa shape index (κ3) is 4.95. The lowest BCUT2D eigenvalue weighted by Crippen LogP contribution is -2.47. The summed E-state index contributed by atoms with van der Waals surface area (Å²) in [5.74, 6) is -0.694. The summed E-state index contributed by atoms with van der Waals surface area (Å²) in [5, 5.41) is 0.0287. The zero-order valence-corrected chi connectivity index (χ0v) is 16.3. The first-order chi connectivity index (χ1) is 12.1. The summed E-state index contributed by atoms with van der Waals surface area (Å²) < 4.78 is 24.8. The number of hydrogen-bond acceptors (Lipinski definition) is 4. The largest absolute Gasteiger partial charge is 0.444 e. The molecule has 1 amide bonds. The zero-order chi connectivity index (χ0) is 19.5. The van der Waals surface area contributed by atoms with E-state index in [0.29, 0.717) is 18.5 Å². The van der Waals surface area contributed by atoms with Crippen LogP contribution in [0, 0.1) is 5.82 Å². The molecule has 0 unspecified atom stereocenters. The van der Waals surface area contributed by atoms with Crippen LogP contribution in [-0.2, 0) is 20.7 Å². The van der Waals surface area contributed by atoms with Gasteiger partial charge in [0.2, 0.25) is 0 Å². The summed E-state index contributed by atoms with van der Waals surface area (Å²) in [6.45, 7) is 5.70. The number of ether oxygens (including phenoxy) is 2. The van der Waals surface area contributed by atoms with E-state index < -0.39 is 23.6 Å². The Hall–Kier alpha value is -1.66. The first-order valence-electron chi connectivity index (χ1n) is 8.62. The Morgan fingerprint density at radius 3 is 2.65 bits per heavy atom. The smallest absolute Gasteiger partial charge is 0.410 e. The maximum atomic E-state index is 14.0. The van der Waals surface area contributed by atoms with Gasteiger partial charge in [0.25, 0.3) is 0 Å². The summed E-state index contributed by atoms with van der Waals surface area (Å²) in [5.41, 5.74) is -0.277. The number of likely N-dealkylation sites (tertiary alicyclic amines) is 1. The van der Waals surface area contributed by atoms with E-state index in [0.717, 1.165) is 0 Å². The molecule has 1 aliphatic heterocycles. The molecule has 0 aliphatic carbocycles. The molecule has 1 aromatic rings. The van der Waals surface area contributed by atoms with Crippen LogP contribution in [0.25, 0.3) is 0 Å². The lowest BCUT2D eigenvalue weighted by molar-refractivity contribution is -0.126. The Kier molecular flexibility index (Phi) is 6.64. The number of ketones is 1. The minimum atomic E-state index is -0.725. The molecule has 0 spiro atoms. The normalized spacial score (nSPS) is 20.3. The van der Waals surface area contributed by atoms with Gasteiger partial charge in [-0.3, -0.25) is 9.69 Å². The highest BCUT2D eigenvalue weighted by Gasteiger charge is 2.43. The second kappa shape index (κ2) is 8.35. The number of amides is 1. The van der Waals surface area contributed by atoms with E-state index in [-0.39, 0.29) is 29.8 Å². The SMILES string of the molecule is CO[C@@H]1CCN(C(=O)OC(C)(C)C)[C@@H]1C(=O)CCc1cccc(Cl)c1F. The van der Waals surface area contributed by atoms with Crippen molar-refractivity contribution < 1.29 is 23.5 Å². The van der Waals surface area contributed by atoms with Crippen LogP contribution in [0.5, 0.6) is 0 Å². The topological polar surface area (TPSA) is 55.8 Å². The van der Waals surface area contributed by atoms with E-state index in [1.54, 1.807) is 32.9 Å². The van der Waals surface area contributed by atoms with E-state index >= 15 is 0 Å². The Morgan fingerprint density at radius 2 is 2.04 bits per heavy atom. The Morgan fingerprint density at radius 1 is 1.35 bits per heavy atom. The third-order valence-electron chi connectivity index (χ3n) is 4.28. The van der Waals surface area contributed by atoms with Gasteiger partial charge in [0, 0.05) is 20.1 Å². The molecular weight excluding hydrogens is 361 g/mol. The van der Waals surface area contributed by atoms with Gasteiger partial charge in [0.05, 0.1) is 11.1 Å². The van der Waals surface area contributed by atoms with Crippen LogP contribution in [0.1, 0.15) is 39.2 Å². The number of carbonyl (C=O) groups excluding carboxylic acids is 2. The van der Waals surface area contributed by atoms with E-state index in [2.05, 4.69) is 0 Å². The number of halogens is 2. The van der Waals surface area contributed by atoms with Crippen LogP contribution in [0.4, 0.5) is 9.18 Å². The number of carbonyl (C=O) groups is 2. The summed E-state index contributed by atoms with van der Waals surface area (Å²) >= 11 is 5.78. The van der Waals surface area contributed by atoms with Crippen molar-refractivity contribution in [2.75, 3.05) is 13.7 Å². The fourth-order valence-corrected chi connectivity index (χ4v) is 3.26. The highest BCUT2D eigenvalue weighted by atomic mass is 35.5. The van der Waals surface area contributed by atoms with Gasteiger partial charge in [-0.1, -0.05) is 23.7 Å². The lowest BCUT2D eigenvalue weighted by atomic mass is 10.00. The molecule has 1 aromatic carbocycles. The van der Waals surface area contributed by atoms with Crippen LogP contribution < -0.4 is 0 Å². The first kappa shape index (κ1) is 20.6. The second-order valence-corrected chi connectivity index (χ2v) is 7.77. The molecule has 7 heteroatoms. The molecule has 0 aromatic heterocycles. The van der Waals surface area contributed by atoms with Crippen molar-refractivity contribution in [1.82, 2.24) is 4.90 Å². The number of Topliss-reactive ketones (excluding diaryl/α,β-unsaturated/α-hetero) is 1. The van der Waals surface area contributed by atoms with Crippen LogP contribution in [0.3, 0.4) is 0 Å². The van der Waals surface area contributed by atoms with Crippen molar-refractivity contribution in [3.8, 4) is 0 Å². The van der Waals surface area contributed by atoms with Gasteiger partial charge in [-0.25, -0.2) is 9.18 Å². The number of methoxy groups -OCH3 is 1. The van der Waals surface area contributed by atoms with E-state index in [1.165, 1.54) is 18.1 Å². The molecule has 0 N–H and O–H groups in total. The van der Waals surface area contributed by atoms with E-state index in [4.69, 9.17) is 21.1 Å². The summed E-state index contributed by atoms with van der Waals surface area (Å²) in [7, 11) is 1.51. The maximum absolute atomic E-state index is 14.0. The van der Waals surface area contributed by atoms with Gasteiger partial charge in [0.15, 0.2) is 5.78 Å². The van der Waals surface area contributed by atoms with Crippen molar-refractivity contribution in [1.29, 1.82) is 0 Å². The molecular formula is C19H25ClFNO4. The van der Waals surface area contributed by atoms with Gasteiger partial charge >= 0.3 is 6.09 Å². The minimum Gasteiger partial charge on any atom is -0.444 e. The third-order valence-corrected chi connectivity index (χ3v) is 4.57. The van der Waals surface area contributed by atoms with Crippen molar-refractivity contribution in [2.45, 2.75) is 57.8 Å². The molecule has 1 heterocycles. The zero-order valence-electron chi connectivity index (χ0n) is 15.6. The van der Waals surface area contributed by atoms with Gasteiger partial charge < -0.3 is 9.47 Å². The van der Waals surface area contributed by atoms with Gasteiger partial charge in [-0.15, -0.1) is 0 Å². The standard InChI is InChI=1S/C19H25ClFNO4/c1-19(2,3)26-18(24)22-11-10-15(25-4)17(22)14(23)9-8-12-6-5-7-13(20)16(12)21/h5-7,15,17H,8-11H2,1-4H3/t15-,17-/m1/s1. The van der Waals surface area contributed by atoms with E-state index in [9.17, 15) is 14.0 Å². The molecule has 2 rings (SSSR count). The van der Waals surface area contributed by atoms with Crippen molar-refractivity contribution >= 4 is 23.5 Å². The molecule has 5 nitrogen and oxygen atoms in total. The Labute approximate surface area is 158 Å². The van der Waals surface area contributed by atoms with Crippen LogP contribution in [0.2, 0.25) is 5.02 Å². The predicted octanol–water partition coefficient (Wildman–Crippen LogP) is 4.01. The number of benzene rings is 1. The highest BCUT2D eigenvalue weighted by Crippen LogP contribution is 2.26. The van der Waals surface area contributed by atoms with Crippen molar-refractivity contribution in [3.05, 3.63) is 34.6 Å². The summed E-state index contributed by atoms with van der Waals surface area (Å²) in [4.78, 5) is 26.6. The summed E-state index contributed by atoms with van der Waals surface area (Å²) in [6.07, 6.45) is -0.0809. The monoisotopic (exact) mass is 385 g/mol. The highest BCUT2D eigenvalue weighted by molar-refractivity contribution is 6.30. The van der Waals surface area contributed by atoms with Gasteiger partial charge in [0.1, 0.15) is 17.5 Å². The van der Waals surface area contributed by atoms with Crippen molar-refractivity contribution in [2.24, 2.45) is 0 Å². The van der Waals surface area contributed by atoms with Gasteiger partial charge in [-0.05, 0) is 45.2 Å². The molecule has 0 bridgehead atoms. The van der Waals surface area contributed by atoms with Gasteiger partial charge in [-0.2, -0.15) is 0 Å². The molecule has 144 valence electrons.